The van der Waals surface area contributed by atoms with Crippen LogP contribution in [0.4, 0.5) is 0 Å². The zero-order chi connectivity index (χ0) is 19.8. The maximum atomic E-state index is 13.0. The topological polar surface area (TPSA) is 82.9 Å². The molecule has 0 fully saturated rings. The van der Waals surface area contributed by atoms with Gasteiger partial charge in [-0.3, -0.25) is 13.9 Å². The molecule has 0 bridgehead atoms. The largest absolute Gasteiger partial charge is 0.337 e. The molecule has 0 spiro atoms. The van der Waals surface area contributed by atoms with Gasteiger partial charge in [-0.05, 0) is 38.1 Å². The first-order valence-corrected chi connectivity index (χ1v) is 9.58. The maximum absolute atomic E-state index is 13.0. The molecule has 0 aliphatic rings. The number of hydrogen-bond acceptors (Lipinski definition) is 5. The molecule has 0 amide bonds. The Morgan fingerprint density at radius 1 is 1.07 bits per heavy atom. The molecule has 2 aromatic carbocycles. The van der Waals surface area contributed by atoms with Crippen LogP contribution >= 0.6 is 15.9 Å². The maximum Gasteiger partial charge on any atom is 0.332 e. The SMILES string of the molecule is CC(C)n1c(=O)c2ccccc2n(Cc2nc(-c3ccccc3Br)no2)c1=O. The van der Waals surface area contributed by atoms with Crippen molar-refractivity contribution in [2.75, 3.05) is 0 Å². The molecule has 2 heterocycles. The van der Waals surface area contributed by atoms with E-state index in [1.807, 2.05) is 24.3 Å². The van der Waals surface area contributed by atoms with Crippen LogP contribution in [0.5, 0.6) is 0 Å². The van der Waals surface area contributed by atoms with E-state index in [0.29, 0.717) is 16.7 Å². The molecule has 0 unspecified atom stereocenters. The molecule has 142 valence electrons. The second-order valence-corrected chi connectivity index (χ2v) is 7.50. The summed E-state index contributed by atoms with van der Waals surface area (Å²) in [5, 5.41) is 4.50. The number of aromatic nitrogens is 4. The van der Waals surface area contributed by atoms with Gasteiger partial charge in [-0.15, -0.1) is 0 Å². The standard InChI is InChI=1S/C20H17BrN4O3/c1-12(2)25-19(26)14-8-4-6-10-16(14)24(20(25)27)11-17-22-18(23-28-17)13-7-3-5-9-15(13)21/h3-10,12H,11H2,1-2H3. The van der Waals surface area contributed by atoms with Gasteiger partial charge in [-0.2, -0.15) is 4.98 Å². The van der Waals surface area contributed by atoms with Crippen molar-refractivity contribution < 1.29 is 4.52 Å². The van der Waals surface area contributed by atoms with Crippen molar-refractivity contribution in [2.24, 2.45) is 0 Å². The van der Waals surface area contributed by atoms with E-state index in [2.05, 4.69) is 26.1 Å². The molecule has 7 nitrogen and oxygen atoms in total. The van der Waals surface area contributed by atoms with Crippen LogP contribution in [0.15, 0.2) is 67.1 Å². The second-order valence-electron chi connectivity index (χ2n) is 6.65. The number of benzene rings is 2. The third-order valence-electron chi connectivity index (χ3n) is 4.47. The quantitative estimate of drug-likeness (QED) is 0.483. The fourth-order valence-electron chi connectivity index (χ4n) is 3.15. The smallest absolute Gasteiger partial charge is 0.332 e. The molecule has 8 heteroatoms. The van der Waals surface area contributed by atoms with E-state index < -0.39 is 5.69 Å². The molecule has 2 aromatic heterocycles. The Kier molecular flexibility index (Phi) is 4.72. The highest BCUT2D eigenvalue weighted by atomic mass is 79.9. The molecule has 4 rings (SSSR count). The van der Waals surface area contributed by atoms with Crippen LogP contribution in [0.25, 0.3) is 22.3 Å². The fraction of sp³-hybridized carbons (Fsp3) is 0.200. The van der Waals surface area contributed by atoms with Crippen molar-refractivity contribution >= 4 is 26.8 Å². The summed E-state index contributed by atoms with van der Waals surface area (Å²) in [5.41, 5.74) is 0.627. The Morgan fingerprint density at radius 3 is 2.54 bits per heavy atom. The van der Waals surface area contributed by atoms with Crippen molar-refractivity contribution in [1.29, 1.82) is 0 Å². The molecular weight excluding hydrogens is 424 g/mol. The lowest BCUT2D eigenvalue weighted by Gasteiger charge is -2.14. The fourth-order valence-corrected chi connectivity index (χ4v) is 3.62. The molecule has 0 aliphatic carbocycles. The highest BCUT2D eigenvalue weighted by molar-refractivity contribution is 9.10. The lowest BCUT2D eigenvalue weighted by molar-refractivity contribution is 0.368. The van der Waals surface area contributed by atoms with Crippen LogP contribution in [-0.4, -0.2) is 19.3 Å². The normalized spacial score (nSPS) is 11.4. The summed E-state index contributed by atoms with van der Waals surface area (Å²) in [7, 11) is 0. The van der Waals surface area contributed by atoms with Crippen LogP contribution in [0.1, 0.15) is 25.8 Å². The molecule has 0 radical (unpaired) electrons. The summed E-state index contributed by atoms with van der Waals surface area (Å²) in [6.45, 7) is 3.68. The van der Waals surface area contributed by atoms with Crippen molar-refractivity contribution in [3.63, 3.8) is 0 Å². The van der Waals surface area contributed by atoms with Gasteiger partial charge < -0.3 is 4.52 Å². The molecule has 28 heavy (non-hydrogen) atoms. The molecule has 4 aromatic rings. The van der Waals surface area contributed by atoms with Crippen LogP contribution in [0.3, 0.4) is 0 Å². The van der Waals surface area contributed by atoms with Gasteiger partial charge in [0.05, 0.1) is 10.9 Å². The number of nitrogens with zero attached hydrogens (tertiary/aromatic N) is 4. The number of fused-ring (bicyclic) bond motifs is 1. The van der Waals surface area contributed by atoms with E-state index in [9.17, 15) is 9.59 Å². The third kappa shape index (κ3) is 3.09. The lowest BCUT2D eigenvalue weighted by Crippen LogP contribution is -2.41. The molecule has 0 N–H and O–H groups in total. The molecular formula is C20H17BrN4O3. The van der Waals surface area contributed by atoms with Gasteiger partial charge in [-0.25, -0.2) is 4.79 Å². The van der Waals surface area contributed by atoms with Crippen LogP contribution in [0, 0.1) is 0 Å². The van der Waals surface area contributed by atoms with E-state index in [1.54, 1.807) is 38.1 Å². The Balaban J connectivity index is 1.84. The number of para-hydroxylation sites is 1. The van der Waals surface area contributed by atoms with E-state index in [0.717, 1.165) is 10.0 Å². The van der Waals surface area contributed by atoms with Crippen LogP contribution in [0.2, 0.25) is 0 Å². The van der Waals surface area contributed by atoms with Crippen molar-refractivity contribution in [2.45, 2.75) is 26.4 Å². The van der Waals surface area contributed by atoms with Gasteiger partial charge in [0.2, 0.25) is 11.7 Å². The van der Waals surface area contributed by atoms with Gasteiger partial charge in [0.15, 0.2) is 0 Å². The summed E-state index contributed by atoms with van der Waals surface area (Å²) in [6, 6.07) is 14.3. The average molecular weight is 441 g/mol. The molecule has 0 aliphatic heterocycles. The summed E-state index contributed by atoms with van der Waals surface area (Å²) in [6.07, 6.45) is 0. The van der Waals surface area contributed by atoms with Gasteiger partial charge in [0, 0.05) is 16.1 Å². The highest BCUT2D eigenvalue weighted by Gasteiger charge is 2.18. The molecule has 0 saturated heterocycles. The van der Waals surface area contributed by atoms with Gasteiger partial charge >= 0.3 is 5.69 Å². The van der Waals surface area contributed by atoms with Crippen molar-refractivity contribution in [3.05, 3.63) is 79.7 Å². The first kappa shape index (κ1) is 18.4. The van der Waals surface area contributed by atoms with E-state index >= 15 is 0 Å². The van der Waals surface area contributed by atoms with E-state index in [1.165, 1.54) is 9.13 Å². The zero-order valence-electron chi connectivity index (χ0n) is 15.3. The summed E-state index contributed by atoms with van der Waals surface area (Å²) in [4.78, 5) is 30.2. The summed E-state index contributed by atoms with van der Waals surface area (Å²) >= 11 is 3.47. The average Bonchev–Trinajstić information content (AvgIpc) is 3.14. The van der Waals surface area contributed by atoms with Crippen LogP contribution in [-0.2, 0) is 6.54 Å². The number of rotatable bonds is 4. The van der Waals surface area contributed by atoms with Crippen molar-refractivity contribution in [3.8, 4) is 11.4 Å². The Bertz CT molecular complexity index is 1290. The van der Waals surface area contributed by atoms with Crippen LogP contribution < -0.4 is 11.2 Å². The lowest BCUT2D eigenvalue weighted by atomic mass is 10.2. The minimum absolute atomic E-state index is 0.0732. The van der Waals surface area contributed by atoms with Gasteiger partial charge in [-0.1, -0.05) is 45.4 Å². The zero-order valence-corrected chi connectivity index (χ0v) is 16.9. The number of halogens is 1. The monoisotopic (exact) mass is 440 g/mol. The Hall–Kier alpha value is -3.00. The first-order chi connectivity index (χ1) is 13.5. The van der Waals surface area contributed by atoms with E-state index in [-0.39, 0.29) is 24.0 Å². The van der Waals surface area contributed by atoms with Gasteiger partial charge in [0.1, 0.15) is 6.54 Å². The summed E-state index contributed by atoms with van der Waals surface area (Å²) in [5.74, 6) is 0.712. The Labute approximate surface area is 168 Å². The predicted octanol–water partition coefficient (Wildman–Crippen LogP) is 3.60. The minimum atomic E-state index is -0.403. The predicted molar refractivity (Wildman–Crippen MR) is 109 cm³/mol. The Morgan fingerprint density at radius 2 is 1.79 bits per heavy atom. The van der Waals surface area contributed by atoms with Crippen molar-refractivity contribution in [1.82, 2.24) is 19.3 Å². The molecule has 0 saturated carbocycles. The minimum Gasteiger partial charge on any atom is -0.337 e. The molecule has 0 atom stereocenters. The highest BCUT2D eigenvalue weighted by Crippen LogP contribution is 2.25. The first-order valence-electron chi connectivity index (χ1n) is 8.79. The summed E-state index contributed by atoms with van der Waals surface area (Å²) < 4.78 is 8.97. The van der Waals surface area contributed by atoms with Gasteiger partial charge in [0.25, 0.3) is 5.56 Å². The second kappa shape index (κ2) is 7.20. The number of hydrogen-bond donors (Lipinski definition) is 0. The van der Waals surface area contributed by atoms with E-state index in [4.69, 9.17) is 4.52 Å². The third-order valence-corrected chi connectivity index (χ3v) is 5.17.